The Bertz CT molecular complexity index is 607. The molecule has 1 saturated heterocycles. The van der Waals surface area contributed by atoms with E-state index < -0.39 is 10.0 Å². The van der Waals surface area contributed by atoms with Crippen molar-refractivity contribution in [3.63, 3.8) is 0 Å². The lowest BCUT2D eigenvalue weighted by molar-refractivity contribution is 0.184. The lowest BCUT2D eigenvalue weighted by Crippen LogP contribution is -2.40. The Balaban J connectivity index is 2.07. The summed E-state index contributed by atoms with van der Waals surface area (Å²) in [4.78, 5) is 2.44. The first-order valence-electron chi connectivity index (χ1n) is 7.52. The first-order chi connectivity index (χ1) is 10.5. The summed E-state index contributed by atoms with van der Waals surface area (Å²) in [7, 11) is -2.18. The first kappa shape index (κ1) is 17.5. The van der Waals surface area contributed by atoms with Crippen molar-refractivity contribution in [3.8, 4) is 5.75 Å². The van der Waals surface area contributed by atoms with Gasteiger partial charge in [0, 0.05) is 18.1 Å². The Labute approximate surface area is 137 Å². The van der Waals surface area contributed by atoms with E-state index in [4.69, 9.17) is 16.3 Å². The number of likely N-dealkylation sites (tertiary alicyclic amines) is 1. The summed E-state index contributed by atoms with van der Waals surface area (Å²) in [6.07, 6.45) is 2.16. The van der Waals surface area contributed by atoms with Crippen molar-refractivity contribution in [1.82, 2.24) is 9.62 Å². The van der Waals surface area contributed by atoms with Crippen LogP contribution in [-0.4, -0.2) is 46.6 Å². The van der Waals surface area contributed by atoms with Gasteiger partial charge in [-0.3, -0.25) is 0 Å². The number of nitrogens with zero attached hydrogens (tertiary/aromatic N) is 1. The summed E-state index contributed by atoms with van der Waals surface area (Å²) < 4.78 is 32.8. The zero-order chi connectivity index (χ0) is 16.2. The normalized spacial score (nSPS) is 20.0. The van der Waals surface area contributed by atoms with Gasteiger partial charge in [0.1, 0.15) is 10.6 Å². The molecule has 5 nitrogen and oxygen atoms in total. The molecular formula is C15H23ClN2O3S. The average molecular weight is 347 g/mol. The summed E-state index contributed by atoms with van der Waals surface area (Å²) in [5.41, 5.74) is 0. The lowest BCUT2D eigenvalue weighted by atomic mass is 9.98. The van der Waals surface area contributed by atoms with Gasteiger partial charge in [0.15, 0.2) is 0 Å². The van der Waals surface area contributed by atoms with Crippen molar-refractivity contribution in [2.75, 3.05) is 33.3 Å². The molecule has 7 heteroatoms. The molecule has 1 aromatic carbocycles. The number of rotatable bonds is 6. The Morgan fingerprint density at radius 2 is 2.23 bits per heavy atom. The third kappa shape index (κ3) is 4.35. The number of ether oxygens (including phenoxy) is 1. The fraction of sp³-hybridized carbons (Fsp3) is 0.600. The van der Waals surface area contributed by atoms with E-state index in [-0.39, 0.29) is 4.90 Å². The molecule has 0 aromatic heterocycles. The van der Waals surface area contributed by atoms with Gasteiger partial charge in [0.2, 0.25) is 10.0 Å². The Morgan fingerprint density at radius 3 is 2.91 bits per heavy atom. The molecule has 1 heterocycles. The fourth-order valence-electron chi connectivity index (χ4n) is 2.77. The molecule has 0 aliphatic carbocycles. The van der Waals surface area contributed by atoms with Crippen LogP contribution in [-0.2, 0) is 10.0 Å². The van der Waals surface area contributed by atoms with E-state index in [1.165, 1.54) is 13.2 Å². The summed E-state index contributed by atoms with van der Waals surface area (Å²) in [6.45, 7) is 5.61. The zero-order valence-corrected chi connectivity index (χ0v) is 14.6. The van der Waals surface area contributed by atoms with E-state index in [0.717, 1.165) is 32.5 Å². The van der Waals surface area contributed by atoms with E-state index >= 15 is 0 Å². The Hall–Kier alpha value is -0.820. The molecule has 1 N–H and O–H groups in total. The predicted molar refractivity (Wildman–Crippen MR) is 88.0 cm³/mol. The van der Waals surface area contributed by atoms with Crippen molar-refractivity contribution in [2.45, 2.75) is 24.7 Å². The molecule has 124 valence electrons. The molecule has 1 aliphatic rings. The minimum atomic E-state index is -3.63. The first-order valence-corrected chi connectivity index (χ1v) is 9.38. The van der Waals surface area contributed by atoms with Crippen LogP contribution in [0.5, 0.6) is 5.75 Å². The monoisotopic (exact) mass is 346 g/mol. The second kappa shape index (κ2) is 7.64. The van der Waals surface area contributed by atoms with Gasteiger partial charge in [-0.15, -0.1) is 0 Å². The number of piperidine rings is 1. The van der Waals surface area contributed by atoms with Crippen molar-refractivity contribution in [3.05, 3.63) is 23.2 Å². The third-order valence-electron chi connectivity index (χ3n) is 4.03. The minimum Gasteiger partial charge on any atom is -0.495 e. The average Bonchev–Trinajstić information content (AvgIpc) is 2.53. The second-order valence-corrected chi connectivity index (χ2v) is 7.72. The molecule has 0 amide bonds. The molecule has 0 radical (unpaired) electrons. The van der Waals surface area contributed by atoms with Gasteiger partial charge < -0.3 is 9.64 Å². The van der Waals surface area contributed by atoms with Crippen molar-refractivity contribution >= 4 is 21.6 Å². The van der Waals surface area contributed by atoms with E-state index in [0.29, 0.717) is 23.2 Å². The van der Waals surface area contributed by atoms with Crippen LogP contribution in [0.4, 0.5) is 0 Å². The van der Waals surface area contributed by atoms with Gasteiger partial charge in [-0.25, -0.2) is 13.1 Å². The maximum atomic E-state index is 12.5. The van der Waals surface area contributed by atoms with Crippen LogP contribution < -0.4 is 9.46 Å². The number of sulfonamides is 1. The van der Waals surface area contributed by atoms with E-state index in [1.54, 1.807) is 12.1 Å². The van der Waals surface area contributed by atoms with Crippen LogP contribution in [0.2, 0.25) is 5.02 Å². The summed E-state index contributed by atoms with van der Waals surface area (Å²) in [5, 5.41) is 0.371. The minimum absolute atomic E-state index is 0.0886. The quantitative estimate of drug-likeness (QED) is 0.859. The number of halogens is 1. The molecule has 0 spiro atoms. The van der Waals surface area contributed by atoms with Gasteiger partial charge in [0.25, 0.3) is 0 Å². The molecular weight excluding hydrogens is 324 g/mol. The number of hydrogen-bond acceptors (Lipinski definition) is 4. The molecule has 0 saturated carbocycles. The Morgan fingerprint density at radius 1 is 1.45 bits per heavy atom. The van der Waals surface area contributed by atoms with E-state index in [1.807, 2.05) is 0 Å². The number of nitrogens with one attached hydrogen (secondary N) is 1. The molecule has 1 fully saturated rings. The van der Waals surface area contributed by atoms with Crippen LogP contribution in [0.15, 0.2) is 23.1 Å². The molecule has 1 atom stereocenters. The van der Waals surface area contributed by atoms with Gasteiger partial charge >= 0.3 is 0 Å². The standard InChI is InChI=1S/C15H23ClN2O3S/c1-3-18-8-4-5-12(11-18)10-17-22(19,20)15-9-13(16)6-7-14(15)21-2/h6-7,9,12,17H,3-5,8,10-11H2,1-2H3/t12-/m0/s1. The van der Waals surface area contributed by atoms with Crippen LogP contribution >= 0.6 is 11.6 Å². The topological polar surface area (TPSA) is 58.6 Å². The highest BCUT2D eigenvalue weighted by Gasteiger charge is 2.24. The zero-order valence-electron chi connectivity index (χ0n) is 13.0. The van der Waals surface area contributed by atoms with E-state index in [2.05, 4.69) is 16.5 Å². The van der Waals surface area contributed by atoms with E-state index in [9.17, 15) is 8.42 Å². The molecule has 2 rings (SSSR count). The largest absolute Gasteiger partial charge is 0.495 e. The van der Waals surface area contributed by atoms with Gasteiger partial charge in [-0.05, 0) is 50.0 Å². The molecule has 0 unspecified atom stereocenters. The van der Waals surface area contributed by atoms with Gasteiger partial charge in [-0.1, -0.05) is 18.5 Å². The highest BCUT2D eigenvalue weighted by molar-refractivity contribution is 7.89. The van der Waals surface area contributed by atoms with Crippen molar-refractivity contribution < 1.29 is 13.2 Å². The maximum Gasteiger partial charge on any atom is 0.244 e. The number of benzene rings is 1. The number of methoxy groups -OCH3 is 1. The summed E-state index contributed by atoms with van der Waals surface area (Å²) >= 11 is 5.91. The second-order valence-electron chi connectivity index (χ2n) is 5.55. The highest BCUT2D eigenvalue weighted by atomic mass is 35.5. The Kier molecular flexibility index (Phi) is 6.09. The lowest BCUT2D eigenvalue weighted by Gasteiger charge is -2.31. The van der Waals surface area contributed by atoms with Crippen molar-refractivity contribution in [2.24, 2.45) is 5.92 Å². The smallest absolute Gasteiger partial charge is 0.244 e. The van der Waals surface area contributed by atoms with Crippen LogP contribution in [0.1, 0.15) is 19.8 Å². The molecule has 0 bridgehead atoms. The molecule has 1 aliphatic heterocycles. The van der Waals surface area contributed by atoms with Crippen LogP contribution in [0, 0.1) is 5.92 Å². The third-order valence-corrected chi connectivity index (χ3v) is 5.71. The number of hydrogen-bond donors (Lipinski definition) is 1. The fourth-order valence-corrected chi connectivity index (χ4v) is 4.32. The van der Waals surface area contributed by atoms with Crippen molar-refractivity contribution in [1.29, 1.82) is 0 Å². The van der Waals surface area contributed by atoms with Crippen LogP contribution in [0.3, 0.4) is 0 Å². The SMILES string of the molecule is CCN1CCC[C@@H](CNS(=O)(=O)c2cc(Cl)ccc2OC)C1. The predicted octanol–water partition coefficient (Wildman–Crippen LogP) is 2.36. The summed E-state index contributed by atoms with van der Waals surface area (Å²) in [6, 6.07) is 4.60. The molecule has 22 heavy (non-hydrogen) atoms. The maximum absolute atomic E-state index is 12.5. The van der Waals surface area contributed by atoms with Gasteiger partial charge in [-0.2, -0.15) is 0 Å². The highest BCUT2D eigenvalue weighted by Crippen LogP contribution is 2.27. The molecule has 1 aromatic rings. The van der Waals surface area contributed by atoms with Gasteiger partial charge in [0.05, 0.1) is 7.11 Å². The summed E-state index contributed by atoms with van der Waals surface area (Å²) in [5.74, 6) is 0.643. The van der Waals surface area contributed by atoms with Crippen LogP contribution in [0.25, 0.3) is 0 Å².